The molecule has 0 spiro atoms. The number of rotatable bonds is 5. The van der Waals surface area contributed by atoms with Crippen molar-refractivity contribution < 1.29 is 4.42 Å². The van der Waals surface area contributed by atoms with Crippen LogP contribution < -0.4 is 5.32 Å². The quantitative estimate of drug-likeness (QED) is 0.491. The highest BCUT2D eigenvalue weighted by atomic mass is 79.9. The van der Waals surface area contributed by atoms with Gasteiger partial charge in [0.1, 0.15) is 11.5 Å². The minimum absolute atomic E-state index is 0. The number of hydrogen-bond donors (Lipinski definition) is 1. The molecule has 0 fully saturated rings. The second-order valence-electron chi connectivity index (χ2n) is 7.87. The van der Waals surface area contributed by atoms with Crippen LogP contribution in [0.2, 0.25) is 0 Å². The molecule has 1 aromatic heterocycles. The molecular formula is C19H26Br2ClNO. The van der Waals surface area contributed by atoms with Crippen molar-refractivity contribution in [3.8, 4) is 11.3 Å². The molecule has 0 saturated heterocycles. The third-order valence-electron chi connectivity index (χ3n) is 3.57. The summed E-state index contributed by atoms with van der Waals surface area (Å²) in [4.78, 5) is 0. The molecule has 1 N–H and O–H groups in total. The van der Waals surface area contributed by atoms with Crippen molar-refractivity contribution >= 4 is 44.3 Å². The van der Waals surface area contributed by atoms with Crippen molar-refractivity contribution in [2.24, 2.45) is 5.41 Å². The zero-order valence-corrected chi connectivity index (χ0v) is 18.9. The summed E-state index contributed by atoms with van der Waals surface area (Å²) in [5.74, 6) is 1.84. The van der Waals surface area contributed by atoms with Gasteiger partial charge in [-0.2, -0.15) is 0 Å². The fourth-order valence-corrected chi connectivity index (χ4v) is 4.26. The second-order valence-corrected chi connectivity index (χ2v) is 9.64. The Morgan fingerprint density at radius 3 is 2.25 bits per heavy atom. The van der Waals surface area contributed by atoms with Gasteiger partial charge in [0.2, 0.25) is 0 Å². The fourth-order valence-electron chi connectivity index (χ4n) is 3.02. The van der Waals surface area contributed by atoms with Crippen LogP contribution in [0.15, 0.2) is 43.7 Å². The van der Waals surface area contributed by atoms with Crippen molar-refractivity contribution in [3.63, 3.8) is 0 Å². The summed E-state index contributed by atoms with van der Waals surface area (Å²) < 4.78 is 8.08. The molecule has 5 heteroatoms. The van der Waals surface area contributed by atoms with E-state index in [0.717, 1.165) is 39.0 Å². The zero-order chi connectivity index (χ0) is 17.3. The predicted octanol–water partition coefficient (Wildman–Crippen LogP) is 7.20. The van der Waals surface area contributed by atoms with Crippen molar-refractivity contribution in [1.82, 2.24) is 5.32 Å². The van der Waals surface area contributed by atoms with Gasteiger partial charge >= 0.3 is 0 Å². The topological polar surface area (TPSA) is 25.2 Å². The van der Waals surface area contributed by atoms with Gasteiger partial charge in [-0.3, -0.25) is 0 Å². The molecule has 134 valence electrons. The molecule has 0 saturated carbocycles. The lowest BCUT2D eigenvalue weighted by atomic mass is 9.82. The monoisotopic (exact) mass is 477 g/mol. The molecule has 0 unspecified atom stereocenters. The van der Waals surface area contributed by atoms with Gasteiger partial charge in [0, 0.05) is 20.0 Å². The van der Waals surface area contributed by atoms with E-state index in [-0.39, 0.29) is 17.9 Å². The smallest absolute Gasteiger partial charge is 0.135 e. The first kappa shape index (κ1) is 21.8. The third-order valence-corrected chi connectivity index (χ3v) is 4.72. The maximum absolute atomic E-state index is 6.01. The average Bonchev–Trinajstić information content (AvgIpc) is 2.82. The number of halogens is 3. The van der Waals surface area contributed by atoms with E-state index in [0.29, 0.717) is 5.41 Å². The van der Waals surface area contributed by atoms with Crippen LogP contribution in [0.1, 0.15) is 46.8 Å². The van der Waals surface area contributed by atoms with Crippen molar-refractivity contribution in [1.29, 1.82) is 0 Å². The van der Waals surface area contributed by atoms with Gasteiger partial charge in [-0.05, 0) is 71.9 Å². The van der Waals surface area contributed by atoms with Crippen LogP contribution >= 0.6 is 44.3 Å². The van der Waals surface area contributed by atoms with Crippen LogP contribution in [0, 0.1) is 5.41 Å². The first-order valence-corrected chi connectivity index (χ1v) is 9.44. The van der Waals surface area contributed by atoms with E-state index >= 15 is 0 Å². The Bertz CT molecular complexity index is 674. The second kappa shape index (κ2) is 8.39. The first-order chi connectivity index (χ1) is 10.6. The zero-order valence-electron chi connectivity index (χ0n) is 14.9. The van der Waals surface area contributed by atoms with E-state index in [2.05, 4.69) is 71.8 Å². The Morgan fingerprint density at radius 2 is 1.67 bits per heavy atom. The van der Waals surface area contributed by atoms with Gasteiger partial charge in [-0.25, -0.2) is 0 Å². The molecule has 2 rings (SSSR count). The summed E-state index contributed by atoms with van der Waals surface area (Å²) in [6.07, 6.45) is 1.10. The van der Waals surface area contributed by atoms with E-state index in [1.54, 1.807) is 0 Å². The molecule has 2 nitrogen and oxygen atoms in total. The lowest BCUT2D eigenvalue weighted by molar-refractivity contribution is 0.236. The van der Waals surface area contributed by atoms with Crippen molar-refractivity contribution in [2.75, 3.05) is 0 Å². The molecule has 0 aliphatic carbocycles. The molecule has 0 atom stereocenters. The van der Waals surface area contributed by atoms with Crippen LogP contribution in [0.4, 0.5) is 0 Å². The lowest BCUT2D eigenvalue weighted by Crippen LogP contribution is -2.41. The van der Waals surface area contributed by atoms with E-state index < -0.39 is 0 Å². The molecule has 1 heterocycles. The summed E-state index contributed by atoms with van der Waals surface area (Å²) in [7, 11) is 0. The highest BCUT2D eigenvalue weighted by Gasteiger charge is 2.25. The molecule has 0 aliphatic heterocycles. The Morgan fingerprint density at radius 1 is 1.00 bits per heavy atom. The van der Waals surface area contributed by atoms with Gasteiger partial charge in [-0.1, -0.05) is 36.7 Å². The lowest BCUT2D eigenvalue weighted by Gasteiger charge is -2.33. The summed E-state index contributed by atoms with van der Waals surface area (Å²) in [5.41, 5.74) is 1.43. The van der Waals surface area contributed by atoms with Gasteiger partial charge < -0.3 is 9.73 Å². The van der Waals surface area contributed by atoms with Crippen molar-refractivity contribution in [2.45, 2.75) is 53.1 Å². The standard InChI is InChI=1S/C19H25Br2NO.ClH/c1-18(2,3)12-19(4,5)22-11-14-7-9-17(23-14)15-8-6-13(20)10-16(15)21;/h6-10,22H,11-12H2,1-5H3;1H. The van der Waals surface area contributed by atoms with E-state index in [4.69, 9.17) is 4.42 Å². The minimum Gasteiger partial charge on any atom is -0.460 e. The fraction of sp³-hybridized carbons (Fsp3) is 0.474. The van der Waals surface area contributed by atoms with E-state index in [1.165, 1.54) is 0 Å². The average molecular weight is 480 g/mol. The SMILES string of the molecule is CC(C)(C)CC(C)(C)NCc1ccc(-c2ccc(Br)cc2Br)o1.Cl. The Hall–Kier alpha value is -0.290. The highest BCUT2D eigenvalue weighted by molar-refractivity contribution is 9.11. The number of benzene rings is 1. The van der Waals surface area contributed by atoms with Gasteiger partial charge in [0.25, 0.3) is 0 Å². The summed E-state index contributed by atoms with van der Waals surface area (Å²) in [6.45, 7) is 12.0. The maximum Gasteiger partial charge on any atom is 0.135 e. The van der Waals surface area contributed by atoms with Gasteiger partial charge in [-0.15, -0.1) is 12.4 Å². The maximum atomic E-state index is 6.01. The number of furan rings is 1. The molecule has 0 radical (unpaired) electrons. The predicted molar refractivity (Wildman–Crippen MR) is 112 cm³/mol. The minimum atomic E-state index is 0. The molecule has 0 aliphatic rings. The van der Waals surface area contributed by atoms with Crippen LogP contribution in [0.25, 0.3) is 11.3 Å². The third kappa shape index (κ3) is 6.55. The Labute approximate surface area is 168 Å². The van der Waals surface area contributed by atoms with Gasteiger partial charge in [0.05, 0.1) is 6.54 Å². The molecular weight excluding hydrogens is 453 g/mol. The van der Waals surface area contributed by atoms with Crippen LogP contribution in [0.3, 0.4) is 0 Å². The molecule has 2 aromatic rings. The normalized spacial score (nSPS) is 12.1. The van der Waals surface area contributed by atoms with E-state index in [9.17, 15) is 0 Å². The largest absolute Gasteiger partial charge is 0.460 e. The van der Waals surface area contributed by atoms with Gasteiger partial charge in [0.15, 0.2) is 0 Å². The van der Waals surface area contributed by atoms with Crippen LogP contribution in [-0.4, -0.2) is 5.54 Å². The van der Waals surface area contributed by atoms with Crippen LogP contribution in [0.5, 0.6) is 0 Å². The molecule has 0 amide bonds. The van der Waals surface area contributed by atoms with Crippen LogP contribution in [-0.2, 0) is 6.54 Å². The van der Waals surface area contributed by atoms with Crippen molar-refractivity contribution in [3.05, 3.63) is 45.0 Å². The number of nitrogens with one attached hydrogen (secondary N) is 1. The first-order valence-electron chi connectivity index (χ1n) is 7.85. The summed E-state index contributed by atoms with van der Waals surface area (Å²) in [6, 6.07) is 10.2. The molecule has 24 heavy (non-hydrogen) atoms. The molecule has 1 aromatic carbocycles. The van der Waals surface area contributed by atoms with E-state index in [1.807, 2.05) is 30.3 Å². The summed E-state index contributed by atoms with van der Waals surface area (Å²) in [5, 5.41) is 3.61. The summed E-state index contributed by atoms with van der Waals surface area (Å²) >= 11 is 7.07. The molecule has 0 bridgehead atoms. The highest BCUT2D eigenvalue weighted by Crippen LogP contribution is 2.32. The number of hydrogen-bond acceptors (Lipinski definition) is 2. The Balaban J connectivity index is 0.00000288. The Kier molecular flexibility index (Phi) is 7.61.